The van der Waals surface area contributed by atoms with Crippen molar-refractivity contribution in [2.45, 2.75) is 45.8 Å². The van der Waals surface area contributed by atoms with Crippen LogP contribution in [-0.4, -0.2) is 34.1 Å². The van der Waals surface area contributed by atoms with Gasteiger partial charge in [-0.25, -0.2) is 0 Å². The molecule has 16 heavy (non-hydrogen) atoms. The highest BCUT2D eigenvalue weighted by Gasteiger charge is 2.32. The lowest BCUT2D eigenvalue weighted by Gasteiger charge is -2.36. The van der Waals surface area contributed by atoms with E-state index in [1.807, 2.05) is 19.9 Å². The van der Waals surface area contributed by atoms with E-state index in [4.69, 9.17) is 0 Å². The fourth-order valence-corrected chi connectivity index (χ4v) is 2.37. The Kier molecular flexibility index (Phi) is 4.30. The maximum absolute atomic E-state index is 9.72. The third kappa shape index (κ3) is 3.17. The molecular weight excluding hydrogens is 204 g/mol. The Morgan fingerprint density at radius 3 is 2.62 bits per heavy atom. The highest BCUT2D eigenvalue weighted by Crippen LogP contribution is 2.40. The monoisotopic (exact) mass is 226 g/mol. The van der Waals surface area contributed by atoms with Crippen LogP contribution in [0.3, 0.4) is 0 Å². The molecule has 0 saturated carbocycles. The Morgan fingerprint density at radius 2 is 2.12 bits per heavy atom. The van der Waals surface area contributed by atoms with E-state index in [1.54, 1.807) is 13.0 Å². The second-order valence-electron chi connectivity index (χ2n) is 5.22. The lowest BCUT2D eigenvalue weighted by molar-refractivity contribution is 0.110. The van der Waals surface area contributed by atoms with E-state index in [9.17, 15) is 15.3 Å². The molecule has 0 fully saturated rings. The largest absolute Gasteiger partial charge is 0.393 e. The van der Waals surface area contributed by atoms with Gasteiger partial charge in [-0.15, -0.1) is 0 Å². The molecule has 0 aliphatic heterocycles. The third-order valence-electron chi connectivity index (χ3n) is 3.07. The second-order valence-corrected chi connectivity index (χ2v) is 5.22. The number of hydrogen-bond acceptors (Lipinski definition) is 3. The first-order valence-corrected chi connectivity index (χ1v) is 5.74. The van der Waals surface area contributed by atoms with E-state index in [0.29, 0.717) is 12.8 Å². The maximum Gasteiger partial charge on any atom is 0.0695 e. The molecule has 3 nitrogen and oxygen atoms in total. The first kappa shape index (κ1) is 13.4. The van der Waals surface area contributed by atoms with Crippen LogP contribution < -0.4 is 0 Å². The summed E-state index contributed by atoms with van der Waals surface area (Å²) in [6.45, 7) is 5.76. The Balaban J connectivity index is 3.05. The molecule has 2 atom stereocenters. The molecule has 0 spiro atoms. The fourth-order valence-electron chi connectivity index (χ4n) is 2.37. The Morgan fingerprint density at radius 1 is 1.50 bits per heavy atom. The molecule has 0 aromatic carbocycles. The quantitative estimate of drug-likeness (QED) is 0.681. The minimum absolute atomic E-state index is 0.0278. The molecule has 0 aromatic rings. The van der Waals surface area contributed by atoms with Crippen molar-refractivity contribution in [1.82, 2.24) is 0 Å². The van der Waals surface area contributed by atoms with Crippen molar-refractivity contribution < 1.29 is 15.3 Å². The molecule has 3 heteroatoms. The van der Waals surface area contributed by atoms with Gasteiger partial charge in [-0.3, -0.25) is 0 Å². The summed E-state index contributed by atoms with van der Waals surface area (Å²) in [7, 11) is 0. The minimum Gasteiger partial charge on any atom is -0.393 e. The molecule has 0 aromatic heterocycles. The van der Waals surface area contributed by atoms with Gasteiger partial charge >= 0.3 is 0 Å². The lowest BCUT2D eigenvalue weighted by atomic mass is 9.71. The minimum atomic E-state index is -0.491. The number of allylic oxidation sites excluding steroid dienone is 2. The Bertz CT molecular complexity index is 300. The summed E-state index contributed by atoms with van der Waals surface area (Å²) >= 11 is 0. The van der Waals surface area contributed by atoms with Gasteiger partial charge < -0.3 is 15.3 Å². The fraction of sp³-hybridized carbons (Fsp3) is 0.692. The topological polar surface area (TPSA) is 60.7 Å². The van der Waals surface area contributed by atoms with Crippen molar-refractivity contribution >= 4 is 0 Å². The molecule has 0 unspecified atom stereocenters. The first-order chi connectivity index (χ1) is 7.36. The van der Waals surface area contributed by atoms with Gasteiger partial charge in [-0.05, 0) is 36.3 Å². The van der Waals surface area contributed by atoms with E-state index in [1.165, 1.54) is 0 Å². The van der Waals surface area contributed by atoms with Crippen LogP contribution in [0, 0.1) is 5.41 Å². The summed E-state index contributed by atoms with van der Waals surface area (Å²) in [6.07, 6.45) is 3.94. The van der Waals surface area contributed by atoms with E-state index < -0.39 is 6.10 Å². The van der Waals surface area contributed by atoms with Crippen molar-refractivity contribution in [2.24, 2.45) is 5.41 Å². The van der Waals surface area contributed by atoms with Crippen LogP contribution in [-0.2, 0) is 0 Å². The summed E-state index contributed by atoms with van der Waals surface area (Å²) in [6, 6.07) is 0. The summed E-state index contributed by atoms with van der Waals surface area (Å²) < 4.78 is 0. The van der Waals surface area contributed by atoms with Crippen LogP contribution in [0.2, 0.25) is 0 Å². The highest BCUT2D eigenvalue weighted by atomic mass is 16.3. The first-order valence-electron chi connectivity index (χ1n) is 5.74. The van der Waals surface area contributed by atoms with Gasteiger partial charge in [0.1, 0.15) is 0 Å². The van der Waals surface area contributed by atoms with E-state index in [0.717, 1.165) is 11.1 Å². The van der Waals surface area contributed by atoms with Crippen LogP contribution in [0.5, 0.6) is 0 Å². The number of hydrogen-bond donors (Lipinski definition) is 3. The van der Waals surface area contributed by atoms with Crippen molar-refractivity contribution in [2.75, 3.05) is 6.61 Å². The van der Waals surface area contributed by atoms with Crippen LogP contribution in [0.4, 0.5) is 0 Å². The van der Waals surface area contributed by atoms with Gasteiger partial charge in [0.2, 0.25) is 0 Å². The van der Waals surface area contributed by atoms with E-state index >= 15 is 0 Å². The van der Waals surface area contributed by atoms with E-state index in [2.05, 4.69) is 0 Å². The van der Waals surface area contributed by atoms with Crippen LogP contribution in [0.1, 0.15) is 33.6 Å². The van der Waals surface area contributed by atoms with Crippen LogP contribution in [0.15, 0.2) is 23.3 Å². The summed E-state index contributed by atoms with van der Waals surface area (Å²) in [5.41, 5.74) is 1.77. The molecule has 1 aliphatic rings. The molecule has 3 N–H and O–H groups in total. The van der Waals surface area contributed by atoms with Crippen molar-refractivity contribution in [3.05, 3.63) is 23.3 Å². The Hall–Kier alpha value is -0.640. The Labute approximate surface area is 97.1 Å². The molecule has 1 rings (SSSR count). The van der Waals surface area contributed by atoms with Gasteiger partial charge in [-0.1, -0.05) is 26.0 Å². The summed E-state index contributed by atoms with van der Waals surface area (Å²) in [5, 5.41) is 28.3. The average Bonchev–Trinajstić information content (AvgIpc) is 2.13. The molecule has 0 amide bonds. The molecule has 92 valence electrons. The van der Waals surface area contributed by atoms with E-state index in [-0.39, 0.29) is 18.1 Å². The predicted molar refractivity (Wildman–Crippen MR) is 64.0 cm³/mol. The molecule has 0 heterocycles. The molecule has 0 saturated heterocycles. The van der Waals surface area contributed by atoms with Crippen molar-refractivity contribution in [3.63, 3.8) is 0 Å². The van der Waals surface area contributed by atoms with Gasteiger partial charge in [0.05, 0.1) is 18.8 Å². The average molecular weight is 226 g/mol. The predicted octanol–water partition coefficient (Wildman–Crippen LogP) is 1.39. The third-order valence-corrected chi connectivity index (χ3v) is 3.07. The molecule has 0 bridgehead atoms. The smallest absolute Gasteiger partial charge is 0.0695 e. The second kappa shape index (κ2) is 5.13. The zero-order valence-electron chi connectivity index (χ0n) is 10.3. The summed E-state index contributed by atoms with van der Waals surface area (Å²) in [5.74, 6) is 0. The maximum atomic E-state index is 9.72. The van der Waals surface area contributed by atoms with Crippen LogP contribution >= 0.6 is 0 Å². The van der Waals surface area contributed by atoms with Gasteiger partial charge in [0.15, 0.2) is 0 Å². The lowest BCUT2D eigenvalue weighted by Crippen LogP contribution is -2.30. The summed E-state index contributed by atoms with van der Waals surface area (Å²) in [4.78, 5) is 0. The number of rotatable bonds is 3. The molecule has 0 radical (unpaired) electrons. The van der Waals surface area contributed by atoms with Gasteiger partial charge in [0.25, 0.3) is 0 Å². The van der Waals surface area contributed by atoms with Gasteiger partial charge in [0, 0.05) is 0 Å². The highest BCUT2D eigenvalue weighted by molar-refractivity contribution is 5.35. The molecular formula is C13H22O3. The van der Waals surface area contributed by atoms with Gasteiger partial charge in [-0.2, -0.15) is 0 Å². The van der Waals surface area contributed by atoms with Crippen molar-refractivity contribution in [1.29, 1.82) is 0 Å². The number of aliphatic hydroxyl groups excluding tert-OH is 3. The van der Waals surface area contributed by atoms with Crippen LogP contribution in [0.25, 0.3) is 0 Å². The molecule has 1 aliphatic carbocycles. The number of aliphatic hydroxyl groups is 3. The zero-order valence-corrected chi connectivity index (χ0v) is 10.3. The van der Waals surface area contributed by atoms with Crippen molar-refractivity contribution in [3.8, 4) is 0 Å². The normalized spacial score (nSPS) is 27.5. The SMILES string of the molecule is C[C@@H](O)/C=C/C1=C(CO)C[C@@H](O)CC1(C)C. The standard InChI is InChI=1S/C13H22O3/c1-9(15)4-5-12-10(8-14)6-11(16)7-13(12,2)3/h4-5,9,11,14-16H,6-8H2,1-3H3/b5-4+/t9-,11-/m1/s1. The zero-order chi connectivity index (χ0) is 12.3.